The summed E-state index contributed by atoms with van der Waals surface area (Å²) in [6.07, 6.45) is 5.76. The Balaban J connectivity index is 1.61. The highest BCUT2D eigenvalue weighted by Crippen LogP contribution is 2.23. The highest BCUT2D eigenvalue weighted by molar-refractivity contribution is 5.94. The maximum absolute atomic E-state index is 12.8. The Kier molecular flexibility index (Phi) is 7.00. The van der Waals surface area contributed by atoms with E-state index in [1.165, 1.54) is 0 Å². The quantitative estimate of drug-likeness (QED) is 0.412. The van der Waals surface area contributed by atoms with Crippen molar-refractivity contribution in [1.29, 1.82) is 5.41 Å². The van der Waals surface area contributed by atoms with Crippen LogP contribution in [0.2, 0.25) is 0 Å². The predicted octanol–water partition coefficient (Wildman–Crippen LogP) is 2.55. The van der Waals surface area contributed by atoms with Gasteiger partial charge in [0, 0.05) is 31.0 Å². The van der Waals surface area contributed by atoms with Gasteiger partial charge in [0.15, 0.2) is 0 Å². The SMILES string of the molecule is N=C(N)c1ccc(CC2CCCN(C(=O)N[C@@H](CC(=O)O)c3cccnc3)C2)cc1. The number of aliphatic carboxylic acids is 1. The summed E-state index contributed by atoms with van der Waals surface area (Å²) in [6, 6.07) is 10.3. The van der Waals surface area contributed by atoms with Gasteiger partial charge in [-0.2, -0.15) is 0 Å². The minimum absolute atomic E-state index is 0.0478. The van der Waals surface area contributed by atoms with E-state index in [9.17, 15) is 14.7 Å². The Bertz CT molecular complexity index is 885. The smallest absolute Gasteiger partial charge is 0.317 e. The van der Waals surface area contributed by atoms with E-state index in [1.54, 1.807) is 29.4 Å². The van der Waals surface area contributed by atoms with Crippen molar-refractivity contribution in [2.45, 2.75) is 31.7 Å². The molecule has 2 atom stereocenters. The molecule has 1 unspecified atom stereocenters. The second-order valence-corrected chi connectivity index (χ2v) is 7.66. The van der Waals surface area contributed by atoms with Crippen molar-refractivity contribution in [1.82, 2.24) is 15.2 Å². The monoisotopic (exact) mass is 409 g/mol. The minimum Gasteiger partial charge on any atom is -0.481 e. The van der Waals surface area contributed by atoms with Crippen LogP contribution in [0.4, 0.5) is 4.79 Å². The molecule has 1 aliphatic rings. The number of nitrogen functional groups attached to an aromatic ring is 1. The number of aromatic nitrogens is 1. The number of hydrogen-bond donors (Lipinski definition) is 4. The molecule has 8 heteroatoms. The lowest BCUT2D eigenvalue weighted by Crippen LogP contribution is -2.47. The first-order valence-electron chi connectivity index (χ1n) is 10.0. The number of amides is 2. The number of likely N-dealkylation sites (tertiary alicyclic amines) is 1. The zero-order valence-electron chi connectivity index (χ0n) is 16.8. The van der Waals surface area contributed by atoms with Crippen LogP contribution in [0.3, 0.4) is 0 Å². The van der Waals surface area contributed by atoms with E-state index in [0.717, 1.165) is 24.8 Å². The number of pyridine rings is 1. The Morgan fingerprint density at radius 2 is 2.07 bits per heavy atom. The second kappa shape index (κ2) is 9.87. The maximum atomic E-state index is 12.8. The summed E-state index contributed by atoms with van der Waals surface area (Å²) < 4.78 is 0. The molecule has 1 fully saturated rings. The predicted molar refractivity (Wildman–Crippen MR) is 113 cm³/mol. The molecular formula is C22H27N5O3. The average molecular weight is 409 g/mol. The Hall–Kier alpha value is -3.42. The molecule has 0 spiro atoms. The van der Waals surface area contributed by atoms with Crippen LogP contribution in [-0.2, 0) is 11.2 Å². The molecule has 0 saturated carbocycles. The van der Waals surface area contributed by atoms with Crippen LogP contribution in [0, 0.1) is 11.3 Å². The van der Waals surface area contributed by atoms with Gasteiger partial charge in [0.2, 0.25) is 0 Å². The summed E-state index contributed by atoms with van der Waals surface area (Å²) in [5.41, 5.74) is 8.02. The number of urea groups is 1. The molecule has 1 aromatic carbocycles. The first-order valence-corrected chi connectivity index (χ1v) is 10.0. The van der Waals surface area contributed by atoms with Gasteiger partial charge in [-0.05, 0) is 42.4 Å². The van der Waals surface area contributed by atoms with Gasteiger partial charge in [-0.1, -0.05) is 30.3 Å². The molecule has 0 aliphatic carbocycles. The van der Waals surface area contributed by atoms with E-state index in [-0.39, 0.29) is 18.3 Å². The molecule has 2 amide bonds. The normalized spacial score (nSPS) is 17.2. The molecule has 0 radical (unpaired) electrons. The fourth-order valence-electron chi connectivity index (χ4n) is 3.82. The molecule has 2 heterocycles. The zero-order valence-corrected chi connectivity index (χ0v) is 16.8. The van der Waals surface area contributed by atoms with Crippen molar-refractivity contribution in [3.8, 4) is 0 Å². The lowest BCUT2D eigenvalue weighted by Gasteiger charge is -2.34. The number of nitrogens with one attached hydrogen (secondary N) is 2. The molecule has 8 nitrogen and oxygen atoms in total. The van der Waals surface area contributed by atoms with E-state index >= 15 is 0 Å². The van der Waals surface area contributed by atoms with Crippen molar-refractivity contribution < 1.29 is 14.7 Å². The van der Waals surface area contributed by atoms with E-state index in [0.29, 0.717) is 30.1 Å². The highest BCUT2D eigenvalue weighted by Gasteiger charge is 2.26. The minimum atomic E-state index is -0.977. The van der Waals surface area contributed by atoms with Crippen molar-refractivity contribution in [3.63, 3.8) is 0 Å². The van der Waals surface area contributed by atoms with Crippen LogP contribution in [0.25, 0.3) is 0 Å². The largest absolute Gasteiger partial charge is 0.481 e. The molecule has 1 aromatic heterocycles. The van der Waals surface area contributed by atoms with Gasteiger partial charge >= 0.3 is 12.0 Å². The fourth-order valence-corrected chi connectivity index (χ4v) is 3.82. The van der Waals surface area contributed by atoms with Gasteiger partial charge in [-0.3, -0.25) is 15.2 Å². The molecule has 158 valence electrons. The summed E-state index contributed by atoms with van der Waals surface area (Å²) in [5.74, 6) is -0.606. The zero-order chi connectivity index (χ0) is 21.5. The Morgan fingerprint density at radius 3 is 2.70 bits per heavy atom. The van der Waals surface area contributed by atoms with Crippen LogP contribution in [0.5, 0.6) is 0 Å². The topological polar surface area (TPSA) is 132 Å². The summed E-state index contributed by atoms with van der Waals surface area (Å²) in [5, 5.41) is 19.6. The molecule has 1 aliphatic heterocycles. The van der Waals surface area contributed by atoms with Gasteiger partial charge in [0.1, 0.15) is 5.84 Å². The van der Waals surface area contributed by atoms with Gasteiger partial charge in [-0.25, -0.2) is 4.79 Å². The molecule has 3 rings (SSSR count). The molecule has 0 bridgehead atoms. The third-order valence-corrected chi connectivity index (χ3v) is 5.36. The van der Waals surface area contributed by atoms with E-state index < -0.39 is 12.0 Å². The molecule has 30 heavy (non-hydrogen) atoms. The molecule has 2 aromatic rings. The number of hydrogen-bond acceptors (Lipinski definition) is 4. The number of amidine groups is 1. The number of carboxylic acids is 1. The first kappa shape index (κ1) is 21.3. The summed E-state index contributed by atoms with van der Waals surface area (Å²) >= 11 is 0. The third-order valence-electron chi connectivity index (χ3n) is 5.36. The highest BCUT2D eigenvalue weighted by atomic mass is 16.4. The number of piperidine rings is 1. The van der Waals surface area contributed by atoms with Gasteiger partial charge < -0.3 is 21.1 Å². The van der Waals surface area contributed by atoms with Crippen molar-refractivity contribution >= 4 is 17.8 Å². The van der Waals surface area contributed by atoms with Gasteiger partial charge in [0.05, 0.1) is 12.5 Å². The summed E-state index contributed by atoms with van der Waals surface area (Å²) in [6.45, 7) is 1.27. The second-order valence-electron chi connectivity index (χ2n) is 7.66. The number of nitrogens with two attached hydrogens (primary N) is 1. The number of carbonyl (C=O) groups is 2. The van der Waals surface area contributed by atoms with Crippen molar-refractivity contribution in [3.05, 3.63) is 65.5 Å². The lowest BCUT2D eigenvalue weighted by molar-refractivity contribution is -0.137. The number of benzene rings is 1. The van der Waals surface area contributed by atoms with Crippen molar-refractivity contribution in [2.24, 2.45) is 11.7 Å². The number of rotatable bonds is 7. The van der Waals surface area contributed by atoms with Crippen LogP contribution in [0.1, 0.15) is 42.0 Å². The average Bonchev–Trinajstić information content (AvgIpc) is 2.74. The first-order chi connectivity index (χ1) is 14.4. The molecular weight excluding hydrogens is 382 g/mol. The number of carbonyl (C=O) groups excluding carboxylic acids is 1. The molecule has 5 N–H and O–H groups in total. The lowest BCUT2D eigenvalue weighted by atomic mass is 9.91. The van der Waals surface area contributed by atoms with Crippen LogP contribution < -0.4 is 11.1 Å². The summed E-state index contributed by atoms with van der Waals surface area (Å²) in [7, 11) is 0. The van der Waals surface area contributed by atoms with E-state index in [4.69, 9.17) is 11.1 Å². The summed E-state index contributed by atoms with van der Waals surface area (Å²) in [4.78, 5) is 29.9. The van der Waals surface area contributed by atoms with Crippen LogP contribution >= 0.6 is 0 Å². The number of nitrogens with zero attached hydrogens (tertiary/aromatic N) is 2. The standard InChI is InChI=1S/C22H27N5O3/c23-21(24)17-7-5-15(6-8-17)11-16-3-2-10-27(14-16)22(30)26-19(12-20(28)29)18-4-1-9-25-13-18/h1,4-9,13,16,19H,2-3,10-12,14H2,(H3,23,24)(H,26,30)(H,28,29)/t16?,19-/m0/s1. The number of carboxylic acid groups (broad SMARTS) is 1. The van der Waals surface area contributed by atoms with Crippen molar-refractivity contribution in [2.75, 3.05) is 13.1 Å². The van der Waals surface area contributed by atoms with E-state index in [1.807, 2.05) is 24.3 Å². The van der Waals surface area contributed by atoms with Gasteiger partial charge in [-0.15, -0.1) is 0 Å². The van der Waals surface area contributed by atoms with Gasteiger partial charge in [0.25, 0.3) is 0 Å². The van der Waals surface area contributed by atoms with E-state index in [2.05, 4.69) is 10.3 Å². The fraction of sp³-hybridized carbons (Fsp3) is 0.364. The van der Waals surface area contributed by atoms with Crippen LogP contribution in [0.15, 0.2) is 48.8 Å². The third kappa shape index (κ3) is 5.79. The Labute approximate surface area is 175 Å². The maximum Gasteiger partial charge on any atom is 0.317 e. The molecule has 1 saturated heterocycles. The Morgan fingerprint density at radius 1 is 1.30 bits per heavy atom. The van der Waals surface area contributed by atoms with Crippen LogP contribution in [-0.4, -0.2) is 45.9 Å².